The summed E-state index contributed by atoms with van der Waals surface area (Å²) in [4.78, 5) is 14.7. The van der Waals surface area contributed by atoms with Crippen molar-refractivity contribution in [2.75, 3.05) is 26.7 Å². The van der Waals surface area contributed by atoms with Crippen molar-refractivity contribution in [3.05, 3.63) is 63.9 Å². The van der Waals surface area contributed by atoms with Crippen LogP contribution in [0.3, 0.4) is 0 Å². The number of methoxy groups -OCH3 is 1. The first kappa shape index (κ1) is 19.7. The number of carbonyl (C=O) groups excluding carboxylic acids is 1. The second kappa shape index (κ2) is 8.65. The zero-order valence-corrected chi connectivity index (χ0v) is 16.1. The second-order valence-electron chi connectivity index (χ2n) is 5.58. The van der Waals surface area contributed by atoms with Crippen molar-refractivity contribution in [3.8, 4) is 5.75 Å². The van der Waals surface area contributed by atoms with Crippen molar-refractivity contribution < 1.29 is 13.9 Å². The van der Waals surface area contributed by atoms with E-state index < -0.39 is 5.82 Å². The molecule has 2 aromatic rings. The second-order valence-corrected chi connectivity index (χ2v) is 6.50. The predicted molar refractivity (Wildman–Crippen MR) is 101 cm³/mol. The Morgan fingerprint density at radius 2 is 2.08 bits per heavy atom. The maximum atomic E-state index is 14.1. The summed E-state index contributed by atoms with van der Waals surface area (Å²) in [5, 5.41) is 3.29. The third-order valence-corrected chi connectivity index (χ3v) is 4.65. The zero-order chi connectivity index (χ0) is 17.1. The summed E-state index contributed by atoms with van der Waals surface area (Å²) in [7, 11) is 1.61. The van der Waals surface area contributed by atoms with E-state index in [1.54, 1.807) is 18.1 Å². The highest BCUT2D eigenvalue weighted by Gasteiger charge is 2.31. The topological polar surface area (TPSA) is 41.6 Å². The molecule has 0 spiro atoms. The van der Waals surface area contributed by atoms with E-state index in [2.05, 4.69) is 21.2 Å². The van der Waals surface area contributed by atoms with Crippen LogP contribution >= 0.6 is 28.3 Å². The first-order chi connectivity index (χ1) is 11.6. The Bertz CT molecular complexity index is 760. The monoisotopic (exact) mass is 428 g/mol. The fourth-order valence-corrected chi connectivity index (χ4v) is 3.34. The summed E-state index contributed by atoms with van der Waals surface area (Å²) in [6.07, 6.45) is 0. The SMILES string of the molecule is COc1ccccc1C1CNCCN1C(=O)c1cc(Br)ccc1F.Cl. The quantitative estimate of drug-likeness (QED) is 0.807. The molecule has 1 atom stereocenters. The predicted octanol–water partition coefficient (Wildman–Crippen LogP) is 3.81. The van der Waals surface area contributed by atoms with Gasteiger partial charge in [0.15, 0.2) is 0 Å². The van der Waals surface area contributed by atoms with Crippen LogP contribution in [-0.4, -0.2) is 37.6 Å². The Balaban J connectivity index is 0.00000225. The fraction of sp³-hybridized carbons (Fsp3) is 0.278. The number of piperazine rings is 1. The smallest absolute Gasteiger partial charge is 0.257 e. The van der Waals surface area contributed by atoms with Gasteiger partial charge in [-0.25, -0.2) is 4.39 Å². The molecule has 0 saturated carbocycles. The lowest BCUT2D eigenvalue weighted by Gasteiger charge is -2.37. The molecule has 7 heteroatoms. The van der Waals surface area contributed by atoms with E-state index in [1.165, 1.54) is 12.1 Å². The van der Waals surface area contributed by atoms with Crippen molar-refractivity contribution in [1.29, 1.82) is 0 Å². The fourth-order valence-electron chi connectivity index (χ4n) is 2.98. The van der Waals surface area contributed by atoms with E-state index in [1.807, 2.05) is 24.3 Å². The Morgan fingerprint density at radius 1 is 1.32 bits per heavy atom. The van der Waals surface area contributed by atoms with Gasteiger partial charge in [-0.15, -0.1) is 12.4 Å². The minimum atomic E-state index is -0.513. The molecule has 1 aliphatic heterocycles. The van der Waals surface area contributed by atoms with Crippen molar-refractivity contribution in [3.63, 3.8) is 0 Å². The molecule has 2 aromatic carbocycles. The van der Waals surface area contributed by atoms with Gasteiger partial charge in [-0.3, -0.25) is 4.79 Å². The molecule has 1 heterocycles. The van der Waals surface area contributed by atoms with Gasteiger partial charge in [0.2, 0.25) is 0 Å². The first-order valence-electron chi connectivity index (χ1n) is 7.71. The van der Waals surface area contributed by atoms with Crippen LogP contribution in [0.4, 0.5) is 4.39 Å². The van der Waals surface area contributed by atoms with Crippen molar-refractivity contribution in [1.82, 2.24) is 10.2 Å². The summed E-state index contributed by atoms with van der Waals surface area (Å²) < 4.78 is 20.2. The molecule has 0 radical (unpaired) electrons. The lowest BCUT2D eigenvalue weighted by Crippen LogP contribution is -2.49. The number of halogens is 3. The van der Waals surface area contributed by atoms with Crippen LogP contribution in [0.25, 0.3) is 0 Å². The van der Waals surface area contributed by atoms with Crippen LogP contribution in [0.15, 0.2) is 46.9 Å². The summed E-state index contributed by atoms with van der Waals surface area (Å²) in [6.45, 7) is 1.78. The number of nitrogens with one attached hydrogen (secondary N) is 1. The molecule has 134 valence electrons. The molecule has 1 unspecified atom stereocenters. The highest BCUT2D eigenvalue weighted by molar-refractivity contribution is 9.10. The maximum Gasteiger partial charge on any atom is 0.257 e. The normalized spacial score (nSPS) is 16.9. The van der Waals surface area contributed by atoms with Crippen molar-refractivity contribution in [2.24, 2.45) is 0 Å². The molecule has 3 rings (SSSR count). The minimum absolute atomic E-state index is 0. The van der Waals surface area contributed by atoms with Gasteiger partial charge in [0, 0.05) is 29.7 Å². The highest BCUT2D eigenvalue weighted by atomic mass is 79.9. The third-order valence-electron chi connectivity index (χ3n) is 4.16. The van der Waals surface area contributed by atoms with Crippen LogP contribution in [-0.2, 0) is 0 Å². The summed E-state index contributed by atoms with van der Waals surface area (Å²) in [6, 6.07) is 11.8. The maximum absolute atomic E-state index is 14.1. The molecule has 1 fully saturated rings. The summed E-state index contributed by atoms with van der Waals surface area (Å²) >= 11 is 3.30. The number of hydrogen-bond acceptors (Lipinski definition) is 3. The zero-order valence-electron chi connectivity index (χ0n) is 13.7. The van der Waals surface area contributed by atoms with E-state index >= 15 is 0 Å². The molecule has 0 bridgehead atoms. The van der Waals surface area contributed by atoms with Crippen molar-refractivity contribution in [2.45, 2.75) is 6.04 Å². The lowest BCUT2D eigenvalue weighted by atomic mass is 10.0. The minimum Gasteiger partial charge on any atom is -0.496 e. The van der Waals surface area contributed by atoms with Gasteiger partial charge < -0.3 is 15.0 Å². The Hall–Kier alpha value is -1.63. The lowest BCUT2D eigenvalue weighted by molar-refractivity contribution is 0.0627. The Labute approximate surface area is 160 Å². The largest absolute Gasteiger partial charge is 0.496 e. The molecule has 1 saturated heterocycles. The first-order valence-corrected chi connectivity index (χ1v) is 8.50. The standard InChI is InChI=1S/C18H18BrFN2O2.ClH/c1-24-17-5-3-2-4-13(17)16-11-21-8-9-22(16)18(23)14-10-12(19)6-7-15(14)20;/h2-7,10,16,21H,8-9,11H2,1H3;1H. The highest BCUT2D eigenvalue weighted by Crippen LogP contribution is 2.31. The molecule has 0 aromatic heterocycles. The molecule has 0 aliphatic carbocycles. The number of benzene rings is 2. The Kier molecular flexibility index (Phi) is 6.81. The van der Waals surface area contributed by atoms with E-state index in [-0.39, 0.29) is 29.9 Å². The van der Waals surface area contributed by atoms with Gasteiger partial charge >= 0.3 is 0 Å². The molecule has 25 heavy (non-hydrogen) atoms. The van der Waals surface area contributed by atoms with E-state index in [0.29, 0.717) is 24.1 Å². The molecular formula is C18H19BrClFN2O2. The average molecular weight is 430 g/mol. The number of rotatable bonds is 3. The molecule has 4 nitrogen and oxygen atoms in total. The molecule has 1 aliphatic rings. The van der Waals surface area contributed by atoms with Crippen LogP contribution in [0.5, 0.6) is 5.75 Å². The van der Waals surface area contributed by atoms with Gasteiger partial charge in [-0.05, 0) is 24.3 Å². The van der Waals surface area contributed by atoms with E-state index in [9.17, 15) is 9.18 Å². The van der Waals surface area contributed by atoms with Crippen LogP contribution in [0, 0.1) is 5.82 Å². The molecule has 1 N–H and O–H groups in total. The number of nitrogens with zero attached hydrogens (tertiary/aromatic N) is 1. The number of para-hydroxylation sites is 1. The van der Waals surface area contributed by atoms with Gasteiger partial charge in [0.25, 0.3) is 5.91 Å². The third kappa shape index (κ3) is 4.14. The molecule has 1 amide bonds. The van der Waals surface area contributed by atoms with Gasteiger partial charge in [-0.1, -0.05) is 34.1 Å². The van der Waals surface area contributed by atoms with Gasteiger partial charge in [-0.2, -0.15) is 0 Å². The summed E-state index contributed by atoms with van der Waals surface area (Å²) in [5.41, 5.74) is 0.988. The van der Waals surface area contributed by atoms with E-state index in [0.717, 1.165) is 11.3 Å². The number of carbonyl (C=O) groups is 1. The molecular weight excluding hydrogens is 411 g/mol. The van der Waals surface area contributed by atoms with Crippen LogP contribution < -0.4 is 10.1 Å². The van der Waals surface area contributed by atoms with E-state index in [4.69, 9.17) is 4.74 Å². The number of ether oxygens (including phenoxy) is 1. The number of amides is 1. The Morgan fingerprint density at radius 3 is 2.84 bits per heavy atom. The number of hydrogen-bond donors (Lipinski definition) is 1. The average Bonchev–Trinajstić information content (AvgIpc) is 2.63. The van der Waals surface area contributed by atoms with Gasteiger partial charge in [0.1, 0.15) is 11.6 Å². The summed E-state index contributed by atoms with van der Waals surface area (Å²) in [5.74, 6) is -0.106. The van der Waals surface area contributed by atoms with Crippen molar-refractivity contribution >= 4 is 34.2 Å². The van der Waals surface area contributed by atoms with Crippen LogP contribution in [0.2, 0.25) is 0 Å². The van der Waals surface area contributed by atoms with Crippen LogP contribution in [0.1, 0.15) is 22.0 Å². The van der Waals surface area contributed by atoms with Gasteiger partial charge in [0.05, 0.1) is 18.7 Å².